The van der Waals surface area contributed by atoms with E-state index in [1.165, 1.54) is 11.1 Å². The van der Waals surface area contributed by atoms with Crippen molar-refractivity contribution in [3.63, 3.8) is 0 Å². The fraction of sp³-hybridized carbons (Fsp3) is 0.197. The Balaban J connectivity index is 0.00000693. The molecule has 66 heavy (non-hydrogen) atoms. The van der Waals surface area contributed by atoms with E-state index in [0.717, 1.165) is 72.2 Å². The minimum absolute atomic E-state index is 0. The molecule has 5 heteroatoms. The molecular formula is C61H57N3OPt. The topological polar surface area (TPSA) is 39.9 Å². The van der Waals surface area contributed by atoms with E-state index in [1.54, 1.807) is 18.3 Å². The molecule has 0 saturated carbocycles. The van der Waals surface area contributed by atoms with Crippen LogP contribution in [0.25, 0.3) is 89.3 Å². The zero-order valence-corrected chi connectivity index (χ0v) is 41.0. The van der Waals surface area contributed by atoms with Gasteiger partial charge in [0.1, 0.15) is 5.82 Å². The molecule has 0 N–H and O–H groups in total. The van der Waals surface area contributed by atoms with Crippen LogP contribution in [0.15, 0.2) is 152 Å². The van der Waals surface area contributed by atoms with Gasteiger partial charge in [-0.05, 0) is 117 Å². The van der Waals surface area contributed by atoms with Crippen LogP contribution in [0, 0.1) is 33.8 Å². The summed E-state index contributed by atoms with van der Waals surface area (Å²) in [5.74, 6) is 1.16. The fourth-order valence-corrected chi connectivity index (χ4v) is 8.67. The van der Waals surface area contributed by atoms with E-state index in [9.17, 15) is 0 Å². The number of imidazole rings is 1. The molecule has 7 aromatic carbocycles. The molecule has 0 aliphatic rings. The molecule has 0 radical (unpaired) electrons. The average molecular weight is 1050 g/mol. The predicted molar refractivity (Wildman–Crippen MR) is 273 cm³/mol. The van der Waals surface area contributed by atoms with Crippen LogP contribution in [0.3, 0.4) is 0 Å². The summed E-state index contributed by atoms with van der Waals surface area (Å²) in [6.07, 6.45) is 1.76. The molecule has 2 heterocycles. The maximum absolute atomic E-state index is 8.84. The fourth-order valence-electron chi connectivity index (χ4n) is 8.67. The van der Waals surface area contributed by atoms with Crippen molar-refractivity contribution in [2.24, 2.45) is 7.05 Å². The first kappa shape index (κ1) is 38.9. The largest absolute Gasteiger partial charge is 2.00 e. The third kappa shape index (κ3) is 9.09. The molecule has 2 aromatic heterocycles. The summed E-state index contributed by atoms with van der Waals surface area (Å²) >= 11 is 0. The molecule has 0 atom stereocenters. The van der Waals surface area contributed by atoms with Crippen molar-refractivity contribution in [2.45, 2.75) is 73.0 Å². The van der Waals surface area contributed by atoms with Gasteiger partial charge in [0.05, 0.1) is 22.3 Å². The summed E-state index contributed by atoms with van der Waals surface area (Å²) in [6.45, 7) is 10.5. The number of nitrogens with zero attached hydrogens (tertiary/aromatic N) is 3. The van der Waals surface area contributed by atoms with E-state index in [4.69, 9.17) is 22.9 Å². The Morgan fingerprint density at radius 2 is 1.23 bits per heavy atom. The predicted octanol–water partition coefficient (Wildman–Crippen LogP) is 16.1. The Morgan fingerprint density at radius 3 is 1.91 bits per heavy atom. The van der Waals surface area contributed by atoms with Gasteiger partial charge >= 0.3 is 21.1 Å². The number of benzene rings is 7. The number of rotatable bonds is 8. The summed E-state index contributed by atoms with van der Waals surface area (Å²) in [6, 6.07) is 51.4. The quantitative estimate of drug-likeness (QED) is 0.142. The van der Waals surface area contributed by atoms with Crippen LogP contribution in [-0.4, -0.2) is 14.5 Å². The number of aryl methyl sites for hydroxylation is 4. The van der Waals surface area contributed by atoms with E-state index in [0.29, 0.717) is 28.4 Å². The number of hydrogen-bond donors (Lipinski definition) is 0. The van der Waals surface area contributed by atoms with E-state index in [-0.39, 0.29) is 43.0 Å². The molecule has 0 spiro atoms. The van der Waals surface area contributed by atoms with Crippen LogP contribution in [0.1, 0.15) is 77.6 Å². The van der Waals surface area contributed by atoms with Crippen LogP contribution in [0.2, 0.25) is 0 Å². The standard InChI is InChI=1S/C61H57N3O.Pt/c1-38-20-22-42(23-21-38)44-26-27-62-55(36-44)49-31-45(41-16-13-12-14-17-41)30-48(32-49)53-18-15-19-56-57(53)63-59(64(56)10)54-35-47(29-40(3)58(54)65-11)52-25-24-43(28-39(52)2)46-33-50(60(4,5)6)37-51(34-46)61(7,8)9;/h12-31,33-37H,11H2,1-10H3;/q-2;+2/i1D3,2D3;. The van der Waals surface area contributed by atoms with Crippen LogP contribution >= 0.6 is 0 Å². The number of para-hydroxylation sites is 1. The number of ether oxygens (including phenoxy) is 1. The minimum atomic E-state index is -2.42. The Morgan fingerprint density at radius 1 is 0.576 bits per heavy atom. The first-order valence-corrected chi connectivity index (χ1v) is 22.0. The third-order valence-corrected chi connectivity index (χ3v) is 12.4. The molecule has 9 aromatic rings. The van der Waals surface area contributed by atoms with E-state index in [2.05, 4.69) is 97.2 Å². The van der Waals surface area contributed by atoms with Gasteiger partial charge in [-0.25, -0.2) is 4.98 Å². The van der Waals surface area contributed by atoms with Crippen LogP contribution in [0.4, 0.5) is 0 Å². The van der Waals surface area contributed by atoms with Gasteiger partial charge < -0.3 is 9.30 Å². The van der Waals surface area contributed by atoms with Crippen molar-refractivity contribution < 1.29 is 34.0 Å². The van der Waals surface area contributed by atoms with Gasteiger partial charge in [0.25, 0.3) is 0 Å². The Bertz CT molecular complexity index is 3440. The summed E-state index contributed by atoms with van der Waals surface area (Å²) in [7, 11) is 5.83. The van der Waals surface area contributed by atoms with Crippen LogP contribution in [-0.2, 0) is 38.9 Å². The molecule has 0 fully saturated rings. The molecule has 332 valence electrons. The summed E-state index contributed by atoms with van der Waals surface area (Å²) in [4.78, 5) is 10.2. The van der Waals surface area contributed by atoms with Gasteiger partial charge in [-0.1, -0.05) is 173 Å². The normalized spacial score (nSPS) is 13.5. The third-order valence-electron chi connectivity index (χ3n) is 12.4. The zero-order chi connectivity index (χ0) is 50.8. The maximum atomic E-state index is 8.84. The molecule has 0 amide bonds. The summed E-state index contributed by atoms with van der Waals surface area (Å²) in [5.41, 5.74) is 15.8. The monoisotopic (exact) mass is 1050 g/mol. The number of pyridine rings is 1. The summed E-state index contributed by atoms with van der Waals surface area (Å²) in [5, 5.41) is 0. The van der Waals surface area contributed by atoms with E-state index < -0.39 is 13.7 Å². The molecule has 0 saturated heterocycles. The average Bonchev–Trinajstić information content (AvgIpc) is 3.68. The smallest absolute Gasteiger partial charge is 0.665 e. The Hall–Kier alpha value is -6.35. The molecule has 9 rings (SSSR count). The van der Waals surface area contributed by atoms with Crippen molar-refractivity contribution in [1.82, 2.24) is 14.5 Å². The van der Waals surface area contributed by atoms with Gasteiger partial charge in [0.15, 0.2) is 0 Å². The van der Waals surface area contributed by atoms with E-state index >= 15 is 0 Å². The van der Waals surface area contributed by atoms with Gasteiger partial charge in [-0.15, -0.1) is 23.8 Å². The maximum Gasteiger partial charge on any atom is 2.00 e. The number of fused-ring (bicyclic) bond motifs is 1. The van der Waals surface area contributed by atoms with Crippen LogP contribution < -0.4 is 4.74 Å². The second kappa shape index (κ2) is 18.1. The van der Waals surface area contributed by atoms with Crippen molar-refractivity contribution >= 4 is 11.0 Å². The van der Waals surface area contributed by atoms with Gasteiger partial charge in [0.2, 0.25) is 0 Å². The van der Waals surface area contributed by atoms with Crippen molar-refractivity contribution in [3.05, 3.63) is 193 Å². The van der Waals surface area contributed by atoms with Gasteiger partial charge in [-0.2, -0.15) is 7.11 Å². The van der Waals surface area contributed by atoms with Gasteiger partial charge in [0, 0.05) is 27.2 Å². The van der Waals surface area contributed by atoms with E-state index in [1.807, 2.05) is 110 Å². The molecular weight excluding hydrogens is 986 g/mol. The van der Waals surface area contributed by atoms with Crippen molar-refractivity contribution in [2.75, 3.05) is 0 Å². The first-order valence-electron chi connectivity index (χ1n) is 25.0. The zero-order valence-electron chi connectivity index (χ0n) is 44.7. The SMILES string of the molecule is [2H]C([2H])([2H])c1ccc(-c2ccnc(-c3[c-]c(-c4cccc5c4nc(-c4cc(-c6ccc(-c7cc(C(C)(C)C)cc(C(C)(C)C)c7)cc6C([2H])([2H])[2H])cc(C)c4O[CH2-])n5C)cc(-c4ccccc4)c3)c2)cc1.[Pt+2]. The number of hydrogen-bond acceptors (Lipinski definition) is 3. The number of aromatic nitrogens is 3. The Labute approximate surface area is 414 Å². The minimum Gasteiger partial charge on any atom is -0.665 e. The molecule has 0 bridgehead atoms. The van der Waals surface area contributed by atoms with Gasteiger partial charge in [-0.3, -0.25) is 4.98 Å². The molecule has 0 aliphatic carbocycles. The first-order chi connectivity index (χ1) is 33.5. The Kier molecular flexibility index (Phi) is 10.7. The van der Waals surface area contributed by atoms with Crippen molar-refractivity contribution in [1.29, 1.82) is 0 Å². The second-order valence-electron chi connectivity index (χ2n) is 19.1. The summed E-state index contributed by atoms with van der Waals surface area (Å²) < 4.78 is 57.9. The molecule has 0 unspecified atom stereocenters. The molecule has 0 aliphatic heterocycles. The van der Waals surface area contributed by atoms with Crippen LogP contribution in [0.5, 0.6) is 5.75 Å². The van der Waals surface area contributed by atoms with Crippen molar-refractivity contribution in [3.8, 4) is 84.0 Å². The second-order valence-corrected chi connectivity index (χ2v) is 19.1. The molecule has 4 nitrogen and oxygen atoms in total.